The molecule has 0 bridgehead atoms. The molecule has 0 radical (unpaired) electrons. The molecule has 0 spiro atoms. The van der Waals surface area contributed by atoms with E-state index in [1.165, 1.54) is 22.5 Å². The third-order valence-electron chi connectivity index (χ3n) is 4.49. The molecule has 0 aliphatic carbocycles. The van der Waals surface area contributed by atoms with Gasteiger partial charge in [0.25, 0.3) is 0 Å². The number of nitrogens with zero attached hydrogens (tertiary/aromatic N) is 1. The van der Waals surface area contributed by atoms with Gasteiger partial charge in [-0.1, -0.05) is 11.6 Å². The molecular weight excluding hydrogens is 418 g/mol. The zero-order chi connectivity index (χ0) is 20.9. The van der Waals surface area contributed by atoms with Crippen LogP contribution in [0.2, 0.25) is 5.02 Å². The summed E-state index contributed by atoms with van der Waals surface area (Å²) in [5.41, 5.74) is 0.122. The van der Waals surface area contributed by atoms with Gasteiger partial charge in [0.15, 0.2) is 0 Å². The van der Waals surface area contributed by atoms with Gasteiger partial charge in [0, 0.05) is 13.1 Å². The van der Waals surface area contributed by atoms with Crippen molar-refractivity contribution >= 4 is 27.6 Å². The van der Waals surface area contributed by atoms with Crippen molar-refractivity contribution in [3.05, 3.63) is 53.1 Å². The van der Waals surface area contributed by atoms with E-state index < -0.39 is 16.0 Å². The van der Waals surface area contributed by atoms with Crippen molar-refractivity contribution in [2.24, 2.45) is 0 Å². The summed E-state index contributed by atoms with van der Waals surface area (Å²) in [4.78, 5) is 12.2. The molecule has 0 aromatic heterocycles. The van der Waals surface area contributed by atoms with Crippen LogP contribution in [0.15, 0.2) is 47.4 Å². The lowest BCUT2D eigenvalue weighted by Crippen LogP contribution is -2.28. The van der Waals surface area contributed by atoms with Crippen molar-refractivity contribution in [1.82, 2.24) is 4.31 Å². The summed E-state index contributed by atoms with van der Waals surface area (Å²) >= 11 is 6.09. The number of benzene rings is 2. The third kappa shape index (κ3) is 5.20. The fourth-order valence-electron chi connectivity index (χ4n) is 2.94. The summed E-state index contributed by atoms with van der Waals surface area (Å²) in [7, 11) is -2.16. The average molecular weight is 440 g/mol. The molecule has 1 aliphatic rings. The predicted molar refractivity (Wildman–Crippen MR) is 108 cm³/mol. The SMILES string of the molecule is COc1ccc(OCCOC(=O)c2ccc(Cl)c(S(=O)(=O)N3CCCC3)c2)cc1. The fourth-order valence-corrected chi connectivity index (χ4v) is 4.96. The zero-order valence-corrected chi connectivity index (χ0v) is 17.5. The molecule has 3 rings (SSSR count). The highest BCUT2D eigenvalue weighted by molar-refractivity contribution is 7.89. The highest BCUT2D eigenvalue weighted by Gasteiger charge is 2.29. The summed E-state index contributed by atoms with van der Waals surface area (Å²) in [5.74, 6) is 0.691. The number of carbonyl (C=O) groups excluding carboxylic acids is 1. The van der Waals surface area contributed by atoms with Crippen molar-refractivity contribution in [3.63, 3.8) is 0 Å². The van der Waals surface area contributed by atoms with Crippen LogP contribution in [0.5, 0.6) is 11.5 Å². The maximum absolute atomic E-state index is 12.8. The molecule has 156 valence electrons. The average Bonchev–Trinajstić information content (AvgIpc) is 3.27. The summed E-state index contributed by atoms with van der Waals surface area (Å²) in [6.45, 7) is 1.08. The Balaban J connectivity index is 1.59. The van der Waals surface area contributed by atoms with Crippen LogP contribution in [0.3, 0.4) is 0 Å². The molecule has 1 aliphatic heterocycles. The van der Waals surface area contributed by atoms with Gasteiger partial charge in [0.1, 0.15) is 29.6 Å². The van der Waals surface area contributed by atoms with Gasteiger partial charge in [0.2, 0.25) is 10.0 Å². The first-order valence-corrected chi connectivity index (χ1v) is 11.0. The minimum atomic E-state index is -3.73. The number of esters is 1. The van der Waals surface area contributed by atoms with Crippen LogP contribution in [0.25, 0.3) is 0 Å². The summed E-state index contributed by atoms with van der Waals surface area (Å²) < 4.78 is 42.6. The molecule has 0 atom stereocenters. The molecule has 2 aromatic rings. The van der Waals surface area contributed by atoms with Gasteiger partial charge < -0.3 is 14.2 Å². The molecule has 1 saturated heterocycles. The zero-order valence-electron chi connectivity index (χ0n) is 16.0. The first-order chi connectivity index (χ1) is 13.9. The maximum Gasteiger partial charge on any atom is 0.338 e. The molecule has 9 heteroatoms. The van der Waals surface area contributed by atoms with E-state index in [2.05, 4.69) is 0 Å². The van der Waals surface area contributed by atoms with Crippen LogP contribution in [0.1, 0.15) is 23.2 Å². The third-order valence-corrected chi connectivity index (χ3v) is 6.87. The van der Waals surface area contributed by atoms with Gasteiger partial charge in [0.05, 0.1) is 17.7 Å². The molecule has 0 N–H and O–H groups in total. The Morgan fingerprint density at radius 3 is 2.34 bits per heavy atom. The van der Waals surface area contributed by atoms with Gasteiger partial charge in [-0.3, -0.25) is 0 Å². The number of hydrogen-bond donors (Lipinski definition) is 0. The number of ether oxygens (including phenoxy) is 3. The van der Waals surface area contributed by atoms with E-state index in [9.17, 15) is 13.2 Å². The number of carbonyl (C=O) groups is 1. The van der Waals surface area contributed by atoms with E-state index in [0.29, 0.717) is 24.6 Å². The molecule has 1 fully saturated rings. The highest BCUT2D eigenvalue weighted by atomic mass is 35.5. The molecule has 29 heavy (non-hydrogen) atoms. The van der Waals surface area contributed by atoms with E-state index in [0.717, 1.165) is 12.8 Å². The Morgan fingerprint density at radius 1 is 1.03 bits per heavy atom. The van der Waals surface area contributed by atoms with Crippen LogP contribution >= 0.6 is 11.6 Å². The van der Waals surface area contributed by atoms with E-state index in [1.54, 1.807) is 31.4 Å². The van der Waals surface area contributed by atoms with Crippen LogP contribution in [-0.2, 0) is 14.8 Å². The van der Waals surface area contributed by atoms with Crippen molar-refractivity contribution < 1.29 is 27.4 Å². The lowest BCUT2D eigenvalue weighted by molar-refractivity contribution is 0.0450. The summed E-state index contributed by atoms with van der Waals surface area (Å²) in [6, 6.07) is 11.1. The summed E-state index contributed by atoms with van der Waals surface area (Å²) in [5, 5.41) is 0.0799. The predicted octanol–water partition coefficient (Wildman–Crippen LogP) is 3.37. The minimum absolute atomic E-state index is 0.0156. The van der Waals surface area contributed by atoms with Gasteiger partial charge in [-0.05, 0) is 55.3 Å². The van der Waals surface area contributed by atoms with Crippen molar-refractivity contribution in [2.75, 3.05) is 33.4 Å². The van der Waals surface area contributed by atoms with Gasteiger partial charge >= 0.3 is 5.97 Å². The smallest absolute Gasteiger partial charge is 0.338 e. The Kier molecular flexibility index (Phi) is 7.00. The Morgan fingerprint density at radius 2 is 1.69 bits per heavy atom. The lowest BCUT2D eigenvalue weighted by Gasteiger charge is -2.17. The molecule has 0 unspecified atom stereocenters. The standard InChI is InChI=1S/C20H22ClNO6S/c1-26-16-5-7-17(8-6-16)27-12-13-28-20(23)15-4-9-18(21)19(14-15)29(24,25)22-10-2-3-11-22/h4-9,14H,2-3,10-13H2,1H3. The molecule has 0 amide bonds. The Hall–Kier alpha value is -2.29. The molecule has 0 saturated carbocycles. The van der Waals surface area contributed by atoms with Gasteiger partial charge in [-0.2, -0.15) is 4.31 Å². The molecule has 1 heterocycles. The first kappa shape index (κ1) is 21.4. The largest absolute Gasteiger partial charge is 0.497 e. The van der Waals surface area contributed by atoms with Crippen LogP contribution in [0, 0.1) is 0 Å². The van der Waals surface area contributed by atoms with Crippen molar-refractivity contribution in [3.8, 4) is 11.5 Å². The molecule has 2 aromatic carbocycles. The highest BCUT2D eigenvalue weighted by Crippen LogP contribution is 2.28. The second-order valence-electron chi connectivity index (χ2n) is 6.42. The van der Waals surface area contributed by atoms with Crippen LogP contribution < -0.4 is 9.47 Å². The maximum atomic E-state index is 12.8. The molecular formula is C20H22ClNO6S. The topological polar surface area (TPSA) is 82.1 Å². The van der Waals surface area contributed by atoms with E-state index in [-0.39, 0.29) is 28.7 Å². The lowest BCUT2D eigenvalue weighted by atomic mass is 10.2. The van der Waals surface area contributed by atoms with E-state index in [1.807, 2.05) is 0 Å². The summed E-state index contributed by atoms with van der Waals surface area (Å²) in [6.07, 6.45) is 1.62. The van der Waals surface area contributed by atoms with Crippen LogP contribution in [-0.4, -0.2) is 52.1 Å². The number of hydrogen-bond acceptors (Lipinski definition) is 6. The number of sulfonamides is 1. The van der Waals surface area contributed by atoms with Crippen LogP contribution in [0.4, 0.5) is 0 Å². The van der Waals surface area contributed by atoms with E-state index >= 15 is 0 Å². The second-order valence-corrected chi connectivity index (χ2v) is 8.73. The van der Waals surface area contributed by atoms with Gasteiger partial charge in [-0.25, -0.2) is 13.2 Å². The monoisotopic (exact) mass is 439 g/mol. The number of rotatable bonds is 8. The minimum Gasteiger partial charge on any atom is -0.497 e. The Bertz CT molecular complexity index is 955. The molecule has 7 nitrogen and oxygen atoms in total. The second kappa shape index (κ2) is 9.47. The normalized spacial score (nSPS) is 14.6. The first-order valence-electron chi connectivity index (χ1n) is 9.15. The van der Waals surface area contributed by atoms with Crippen molar-refractivity contribution in [1.29, 1.82) is 0 Å². The quantitative estimate of drug-likeness (QED) is 0.463. The van der Waals surface area contributed by atoms with E-state index in [4.69, 9.17) is 25.8 Å². The Labute approximate surface area is 175 Å². The number of halogens is 1. The fraction of sp³-hybridized carbons (Fsp3) is 0.350. The van der Waals surface area contributed by atoms with Crippen molar-refractivity contribution in [2.45, 2.75) is 17.7 Å². The number of methoxy groups -OCH3 is 1. The van der Waals surface area contributed by atoms with Gasteiger partial charge in [-0.15, -0.1) is 0 Å².